The number of aryl methyl sites for hydroxylation is 1. The van der Waals surface area contributed by atoms with Gasteiger partial charge in [0.25, 0.3) is 5.91 Å². The Morgan fingerprint density at radius 3 is 2.46 bits per heavy atom. The Bertz CT molecular complexity index is 803. The number of aliphatic carboxylic acids is 2. The third kappa shape index (κ3) is 3.87. The molecule has 1 saturated heterocycles. The molecule has 4 atom stereocenters. The molecule has 4 unspecified atom stereocenters. The lowest BCUT2D eigenvalue weighted by Crippen LogP contribution is -2.52. The highest BCUT2D eigenvalue weighted by Crippen LogP contribution is 2.58. The lowest BCUT2D eigenvalue weighted by atomic mass is 9.68. The van der Waals surface area contributed by atoms with Gasteiger partial charge < -0.3 is 20.3 Å². The van der Waals surface area contributed by atoms with Crippen LogP contribution in [0.15, 0.2) is 22.7 Å². The number of carbonyl (C=O) groups is 3. The summed E-state index contributed by atoms with van der Waals surface area (Å²) in [4.78, 5) is 36.4. The molecule has 7 nitrogen and oxygen atoms in total. The van der Waals surface area contributed by atoms with Crippen molar-refractivity contribution in [2.24, 2.45) is 11.3 Å². The van der Waals surface area contributed by atoms with Gasteiger partial charge in [0.15, 0.2) is 6.61 Å². The number of carboxylic acids is 2. The molecule has 0 spiro atoms. The van der Waals surface area contributed by atoms with Gasteiger partial charge >= 0.3 is 11.9 Å². The molecule has 1 aliphatic heterocycles. The van der Waals surface area contributed by atoms with E-state index in [0.717, 1.165) is 21.8 Å². The summed E-state index contributed by atoms with van der Waals surface area (Å²) in [6, 6.07) is 5.44. The molecular weight excluding hydrogens is 450 g/mol. The Balaban J connectivity index is 2.20. The quantitative estimate of drug-likeness (QED) is 0.556. The van der Waals surface area contributed by atoms with Gasteiger partial charge in [0.05, 0.1) is 5.37 Å². The Hall–Kier alpha value is -1.74. The summed E-state index contributed by atoms with van der Waals surface area (Å²) in [6.07, 6.45) is 0.190. The van der Waals surface area contributed by atoms with Crippen LogP contribution in [0.3, 0.4) is 0 Å². The van der Waals surface area contributed by atoms with Crippen molar-refractivity contribution in [1.82, 2.24) is 5.32 Å². The maximum atomic E-state index is 12.5. The van der Waals surface area contributed by atoms with Crippen molar-refractivity contribution in [3.05, 3.63) is 28.2 Å². The summed E-state index contributed by atoms with van der Waals surface area (Å²) in [5.74, 6) is -2.87. The van der Waals surface area contributed by atoms with Crippen LogP contribution in [-0.4, -0.2) is 44.8 Å². The van der Waals surface area contributed by atoms with E-state index in [0.29, 0.717) is 5.75 Å². The fourth-order valence-electron chi connectivity index (χ4n) is 3.57. The zero-order valence-corrected chi connectivity index (χ0v) is 18.5. The summed E-state index contributed by atoms with van der Waals surface area (Å²) >= 11 is 4.31. The molecule has 9 heteroatoms. The first-order valence-corrected chi connectivity index (χ1v) is 10.5. The number of hydrogen-bond acceptors (Lipinski definition) is 5. The van der Waals surface area contributed by atoms with Crippen molar-refractivity contribution in [1.29, 1.82) is 0 Å². The lowest BCUT2D eigenvalue weighted by Gasteiger charge is -2.34. The third-order valence-corrected chi connectivity index (χ3v) is 7.92. The fraction of sp³-hybridized carbons (Fsp3) is 0.526. The van der Waals surface area contributed by atoms with Gasteiger partial charge in [-0.3, -0.25) is 14.4 Å². The van der Waals surface area contributed by atoms with Crippen LogP contribution >= 0.6 is 27.7 Å². The van der Waals surface area contributed by atoms with E-state index in [2.05, 4.69) is 21.2 Å². The van der Waals surface area contributed by atoms with Crippen LogP contribution in [0.1, 0.15) is 32.8 Å². The Labute approximate surface area is 176 Å². The molecule has 1 aromatic carbocycles. The average molecular weight is 474 g/mol. The molecule has 154 valence electrons. The second-order valence-corrected chi connectivity index (χ2v) is 9.57. The first-order valence-electron chi connectivity index (χ1n) is 8.82. The van der Waals surface area contributed by atoms with Gasteiger partial charge in [0.2, 0.25) is 0 Å². The monoisotopic (exact) mass is 473 g/mol. The third-order valence-electron chi connectivity index (χ3n) is 5.64. The smallest absolute Gasteiger partial charge is 0.319 e. The number of carbonyl (C=O) groups excluding carboxylic acids is 1. The molecule has 0 aromatic heterocycles. The predicted octanol–water partition coefficient (Wildman–Crippen LogP) is 3.29. The number of benzene rings is 1. The SMILES string of the molecule is CCC1(C(=O)O)C(NC(=O)COc2cc(Br)ccc2C)SC(C)(C(=O)O)C1C. The van der Waals surface area contributed by atoms with E-state index in [9.17, 15) is 24.6 Å². The number of thioether (sulfide) groups is 1. The van der Waals surface area contributed by atoms with Gasteiger partial charge in [-0.2, -0.15) is 0 Å². The van der Waals surface area contributed by atoms with Gasteiger partial charge in [-0.05, 0) is 38.0 Å². The standard InChI is InChI=1S/C19H24BrNO6S/c1-5-19(17(25)26)11(3)18(4,16(23)24)28-15(19)21-14(22)9-27-13-8-12(20)7-6-10(13)2/h6-8,11,15H,5,9H2,1-4H3,(H,21,22)(H,23,24)(H,25,26). The normalized spacial score (nSPS) is 29.3. The Kier molecular flexibility index (Phi) is 6.70. The number of nitrogens with one attached hydrogen (secondary N) is 1. The first kappa shape index (κ1) is 22.5. The summed E-state index contributed by atoms with van der Waals surface area (Å²) < 4.78 is 5.05. The van der Waals surface area contributed by atoms with Crippen molar-refractivity contribution < 1.29 is 29.3 Å². The molecule has 0 saturated carbocycles. The minimum atomic E-state index is -1.39. The molecule has 3 N–H and O–H groups in total. The summed E-state index contributed by atoms with van der Waals surface area (Å²) in [5.41, 5.74) is -0.536. The molecule has 28 heavy (non-hydrogen) atoms. The van der Waals surface area contributed by atoms with E-state index in [1.54, 1.807) is 19.9 Å². The number of ether oxygens (including phenoxy) is 1. The number of carboxylic acid groups (broad SMARTS) is 2. The van der Waals surface area contributed by atoms with Crippen molar-refractivity contribution >= 4 is 45.5 Å². The number of rotatable bonds is 7. The second kappa shape index (κ2) is 8.32. The maximum Gasteiger partial charge on any atom is 0.319 e. The van der Waals surface area contributed by atoms with E-state index in [-0.39, 0.29) is 13.0 Å². The van der Waals surface area contributed by atoms with E-state index >= 15 is 0 Å². The van der Waals surface area contributed by atoms with Crippen LogP contribution < -0.4 is 10.1 Å². The van der Waals surface area contributed by atoms with Crippen LogP contribution in [0, 0.1) is 18.3 Å². The molecule has 0 radical (unpaired) electrons. The second-order valence-electron chi connectivity index (χ2n) is 7.10. The van der Waals surface area contributed by atoms with Gasteiger partial charge in [-0.25, -0.2) is 0 Å². The Morgan fingerprint density at radius 1 is 1.29 bits per heavy atom. The fourth-order valence-corrected chi connectivity index (χ4v) is 5.78. The molecule has 2 rings (SSSR count). The highest BCUT2D eigenvalue weighted by molar-refractivity contribution is 9.10. The maximum absolute atomic E-state index is 12.5. The summed E-state index contributed by atoms with van der Waals surface area (Å²) in [6.45, 7) is 6.36. The number of halogens is 1. The first-order chi connectivity index (χ1) is 13.0. The molecule has 1 fully saturated rings. The van der Waals surface area contributed by atoms with Crippen molar-refractivity contribution in [3.63, 3.8) is 0 Å². The van der Waals surface area contributed by atoms with Gasteiger partial charge in [-0.15, -0.1) is 11.8 Å². The predicted molar refractivity (Wildman–Crippen MR) is 109 cm³/mol. The molecule has 0 bridgehead atoms. The zero-order chi connectivity index (χ0) is 21.3. The van der Waals surface area contributed by atoms with Crippen LogP contribution in [-0.2, 0) is 14.4 Å². The summed E-state index contributed by atoms with van der Waals surface area (Å²) in [7, 11) is 0. The van der Waals surface area contributed by atoms with Gasteiger partial charge in [0.1, 0.15) is 15.9 Å². The minimum Gasteiger partial charge on any atom is -0.483 e. The molecule has 1 heterocycles. The largest absolute Gasteiger partial charge is 0.483 e. The van der Waals surface area contributed by atoms with Gasteiger partial charge in [-0.1, -0.05) is 35.8 Å². The van der Waals surface area contributed by atoms with E-state index in [4.69, 9.17) is 4.74 Å². The van der Waals surface area contributed by atoms with Crippen LogP contribution in [0.25, 0.3) is 0 Å². The molecule has 1 aromatic rings. The topological polar surface area (TPSA) is 113 Å². The van der Waals surface area contributed by atoms with E-state index in [1.807, 2.05) is 19.1 Å². The molecular formula is C19H24BrNO6S. The summed E-state index contributed by atoms with van der Waals surface area (Å²) in [5, 5.41) is 21.4. The van der Waals surface area contributed by atoms with Crippen molar-refractivity contribution in [2.45, 2.75) is 44.2 Å². The van der Waals surface area contributed by atoms with Crippen molar-refractivity contribution in [2.75, 3.05) is 6.61 Å². The highest BCUT2D eigenvalue weighted by Gasteiger charge is 2.65. The van der Waals surface area contributed by atoms with Gasteiger partial charge in [0, 0.05) is 10.4 Å². The zero-order valence-electron chi connectivity index (χ0n) is 16.1. The molecule has 0 aliphatic carbocycles. The van der Waals surface area contributed by atoms with E-state index in [1.165, 1.54) is 6.92 Å². The van der Waals surface area contributed by atoms with Crippen LogP contribution in [0.5, 0.6) is 5.75 Å². The van der Waals surface area contributed by atoms with Crippen molar-refractivity contribution in [3.8, 4) is 5.75 Å². The average Bonchev–Trinajstić information content (AvgIpc) is 2.84. The molecule has 1 amide bonds. The highest BCUT2D eigenvalue weighted by atomic mass is 79.9. The number of amides is 1. The Morgan fingerprint density at radius 2 is 1.93 bits per heavy atom. The molecule has 1 aliphatic rings. The van der Waals surface area contributed by atoms with E-state index < -0.39 is 39.3 Å². The van der Waals surface area contributed by atoms with Crippen LogP contribution in [0.4, 0.5) is 0 Å². The minimum absolute atomic E-state index is 0.190. The number of hydrogen-bond donors (Lipinski definition) is 3. The van der Waals surface area contributed by atoms with Crippen LogP contribution in [0.2, 0.25) is 0 Å². The lowest BCUT2D eigenvalue weighted by molar-refractivity contribution is -0.155.